The fourth-order valence-corrected chi connectivity index (χ4v) is 1.59. The molecule has 0 saturated heterocycles. The summed E-state index contributed by atoms with van der Waals surface area (Å²) in [5, 5.41) is 0.432. The topological polar surface area (TPSA) is 26.3 Å². The molecule has 0 N–H and O–H groups in total. The molecule has 0 amide bonds. The number of rotatable bonds is 2. The van der Waals surface area contributed by atoms with Gasteiger partial charge in [-0.1, -0.05) is 30.7 Å². The number of hydrogen-bond acceptors (Lipinski definition) is 2. The number of carbonyl (C=O) groups is 1. The second-order valence-corrected chi connectivity index (χ2v) is 3.48. The van der Waals surface area contributed by atoms with E-state index >= 15 is 0 Å². The molecule has 3 heteroatoms. The van der Waals surface area contributed by atoms with Gasteiger partial charge in [0.2, 0.25) is 0 Å². The van der Waals surface area contributed by atoms with Gasteiger partial charge in [-0.05, 0) is 24.5 Å². The molecule has 0 aromatic heterocycles. The van der Waals surface area contributed by atoms with E-state index in [-0.39, 0.29) is 5.92 Å². The molecule has 1 aromatic carbocycles. The second kappa shape index (κ2) is 4.47. The maximum Gasteiger partial charge on any atom is 0.339 e. The Kier molecular flexibility index (Phi) is 3.53. The molecule has 0 fully saturated rings. The fourth-order valence-electron chi connectivity index (χ4n) is 1.20. The van der Waals surface area contributed by atoms with Crippen molar-refractivity contribution >= 4 is 17.6 Å². The molecule has 75 valence electrons. The molecular weight excluding hydrogens is 200 g/mol. The van der Waals surface area contributed by atoms with Crippen LogP contribution < -0.4 is 0 Å². The maximum atomic E-state index is 11.3. The van der Waals surface area contributed by atoms with Crippen molar-refractivity contribution in [3.8, 4) is 0 Å². The SMILES string of the molecule is [CH2]C(C)c1cccc(C(=O)OC)c1Cl. The molecule has 0 heterocycles. The number of methoxy groups -OCH3 is 1. The molecule has 14 heavy (non-hydrogen) atoms. The van der Waals surface area contributed by atoms with E-state index in [4.69, 9.17) is 11.6 Å². The van der Waals surface area contributed by atoms with Crippen LogP contribution in [0, 0.1) is 6.92 Å². The summed E-state index contributed by atoms with van der Waals surface area (Å²) in [7, 11) is 1.33. The third-order valence-corrected chi connectivity index (χ3v) is 2.39. The Morgan fingerprint density at radius 2 is 2.21 bits per heavy atom. The average Bonchev–Trinajstić information content (AvgIpc) is 2.16. The lowest BCUT2D eigenvalue weighted by molar-refractivity contribution is 0.0601. The summed E-state index contributed by atoms with van der Waals surface area (Å²) in [6.45, 7) is 5.78. The van der Waals surface area contributed by atoms with Crippen LogP contribution in [-0.4, -0.2) is 13.1 Å². The van der Waals surface area contributed by atoms with E-state index in [0.717, 1.165) is 5.56 Å². The summed E-state index contributed by atoms with van der Waals surface area (Å²) in [5.74, 6) is -0.371. The lowest BCUT2D eigenvalue weighted by Gasteiger charge is -2.10. The molecule has 0 aliphatic rings. The van der Waals surface area contributed by atoms with Gasteiger partial charge in [0.25, 0.3) is 0 Å². The van der Waals surface area contributed by atoms with Crippen LogP contribution in [0.25, 0.3) is 0 Å². The Morgan fingerprint density at radius 3 is 2.71 bits per heavy atom. The van der Waals surface area contributed by atoms with Crippen LogP contribution in [0.4, 0.5) is 0 Å². The van der Waals surface area contributed by atoms with Crippen molar-refractivity contribution < 1.29 is 9.53 Å². The quantitative estimate of drug-likeness (QED) is 0.703. The summed E-state index contributed by atoms with van der Waals surface area (Å²) in [6.07, 6.45) is 0. The van der Waals surface area contributed by atoms with Crippen LogP contribution in [0.2, 0.25) is 5.02 Å². The molecular formula is C11H12ClO2. The highest BCUT2D eigenvalue weighted by molar-refractivity contribution is 6.34. The highest BCUT2D eigenvalue weighted by Crippen LogP contribution is 2.27. The maximum absolute atomic E-state index is 11.3. The molecule has 1 radical (unpaired) electrons. The van der Waals surface area contributed by atoms with Crippen LogP contribution in [0.15, 0.2) is 18.2 Å². The molecule has 1 atom stereocenters. The molecule has 0 bridgehead atoms. The Hall–Kier alpha value is -1.02. The summed E-state index contributed by atoms with van der Waals surface area (Å²) >= 11 is 6.04. The lowest BCUT2D eigenvalue weighted by atomic mass is 10.0. The molecule has 1 unspecified atom stereocenters. The highest BCUT2D eigenvalue weighted by atomic mass is 35.5. The zero-order valence-electron chi connectivity index (χ0n) is 8.21. The van der Waals surface area contributed by atoms with Crippen LogP contribution in [0.3, 0.4) is 0 Å². The molecule has 0 spiro atoms. The van der Waals surface area contributed by atoms with E-state index < -0.39 is 5.97 Å². The Balaban J connectivity index is 3.20. The Bertz CT molecular complexity index is 345. The van der Waals surface area contributed by atoms with Gasteiger partial charge in [-0.3, -0.25) is 0 Å². The van der Waals surface area contributed by atoms with Gasteiger partial charge in [-0.15, -0.1) is 0 Å². The number of carbonyl (C=O) groups excluding carboxylic acids is 1. The normalized spacial score (nSPS) is 10.4. The average molecular weight is 212 g/mol. The van der Waals surface area contributed by atoms with Crippen molar-refractivity contribution in [1.29, 1.82) is 0 Å². The van der Waals surface area contributed by atoms with Crippen molar-refractivity contribution in [2.24, 2.45) is 0 Å². The molecule has 0 aliphatic heterocycles. The van der Waals surface area contributed by atoms with E-state index in [1.807, 2.05) is 13.0 Å². The van der Waals surface area contributed by atoms with Crippen LogP contribution in [0.1, 0.15) is 28.8 Å². The van der Waals surface area contributed by atoms with E-state index in [2.05, 4.69) is 11.7 Å². The monoisotopic (exact) mass is 211 g/mol. The zero-order chi connectivity index (χ0) is 10.7. The molecule has 0 saturated carbocycles. The predicted octanol–water partition coefficient (Wildman–Crippen LogP) is 3.06. The summed E-state index contributed by atoms with van der Waals surface area (Å²) in [6, 6.07) is 5.27. The van der Waals surface area contributed by atoms with Gasteiger partial charge in [0.1, 0.15) is 0 Å². The van der Waals surface area contributed by atoms with Crippen molar-refractivity contribution in [3.63, 3.8) is 0 Å². The second-order valence-electron chi connectivity index (χ2n) is 3.10. The Labute approximate surface area is 88.8 Å². The number of halogens is 1. The van der Waals surface area contributed by atoms with Gasteiger partial charge in [-0.25, -0.2) is 4.79 Å². The lowest BCUT2D eigenvalue weighted by Crippen LogP contribution is -2.04. The molecule has 1 rings (SSSR count). The number of esters is 1. The minimum absolute atomic E-state index is 0.0482. The first-order valence-electron chi connectivity index (χ1n) is 4.27. The van der Waals surface area contributed by atoms with E-state index in [0.29, 0.717) is 10.6 Å². The smallest absolute Gasteiger partial charge is 0.339 e. The van der Waals surface area contributed by atoms with Gasteiger partial charge in [0.05, 0.1) is 17.7 Å². The van der Waals surface area contributed by atoms with Gasteiger partial charge in [-0.2, -0.15) is 0 Å². The third kappa shape index (κ3) is 2.07. The first-order chi connectivity index (χ1) is 6.57. The van der Waals surface area contributed by atoms with Gasteiger partial charge >= 0.3 is 5.97 Å². The molecule has 0 aliphatic carbocycles. The predicted molar refractivity (Wildman–Crippen MR) is 56.6 cm³/mol. The summed E-state index contributed by atoms with van der Waals surface area (Å²) in [4.78, 5) is 11.3. The van der Waals surface area contributed by atoms with E-state index in [9.17, 15) is 4.79 Å². The van der Waals surface area contributed by atoms with Crippen molar-refractivity contribution in [1.82, 2.24) is 0 Å². The van der Waals surface area contributed by atoms with Crippen molar-refractivity contribution in [2.75, 3.05) is 7.11 Å². The van der Waals surface area contributed by atoms with Gasteiger partial charge in [0.15, 0.2) is 0 Å². The fraction of sp³-hybridized carbons (Fsp3) is 0.273. The summed E-state index contributed by atoms with van der Waals surface area (Å²) < 4.78 is 4.61. The van der Waals surface area contributed by atoms with Crippen LogP contribution >= 0.6 is 11.6 Å². The van der Waals surface area contributed by atoms with Crippen LogP contribution in [0.5, 0.6) is 0 Å². The van der Waals surface area contributed by atoms with E-state index in [1.165, 1.54) is 7.11 Å². The van der Waals surface area contributed by atoms with Crippen LogP contribution in [-0.2, 0) is 4.74 Å². The third-order valence-electron chi connectivity index (χ3n) is 1.96. The summed E-state index contributed by atoms with van der Waals surface area (Å²) in [5.41, 5.74) is 1.25. The van der Waals surface area contributed by atoms with Gasteiger partial charge < -0.3 is 4.74 Å². The number of benzene rings is 1. The first kappa shape index (κ1) is 11.1. The van der Waals surface area contributed by atoms with Gasteiger partial charge in [0, 0.05) is 0 Å². The highest BCUT2D eigenvalue weighted by Gasteiger charge is 2.14. The number of hydrogen-bond donors (Lipinski definition) is 0. The number of ether oxygens (including phenoxy) is 1. The minimum Gasteiger partial charge on any atom is -0.465 e. The standard InChI is InChI=1S/C11H12ClO2/c1-7(2)8-5-4-6-9(10(8)12)11(13)14-3/h4-7H,1H2,2-3H3. The zero-order valence-corrected chi connectivity index (χ0v) is 8.97. The first-order valence-corrected chi connectivity index (χ1v) is 4.65. The molecule has 1 aromatic rings. The molecule has 2 nitrogen and oxygen atoms in total. The Morgan fingerprint density at radius 1 is 1.57 bits per heavy atom. The minimum atomic E-state index is -0.419. The largest absolute Gasteiger partial charge is 0.465 e. The van der Waals surface area contributed by atoms with E-state index in [1.54, 1.807) is 12.1 Å². The van der Waals surface area contributed by atoms with Crippen molar-refractivity contribution in [3.05, 3.63) is 41.3 Å². The van der Waals surface area contributed by atoms with Crippen molar-refractivity contribution in [2.45, 2.75) is 12.8 Å².